The van der Waals surface area contributed by atoms with E-state index in [2.05, 4.69) is 17.6 Å². The highest BCUT2D eigenvalue weighted by Gasteiger charge is 2.40. The summed E-state index contributed by atoms with van der Waals surface area (Å²) in [6.07, 6.45) is 3.77. The molecule has 0 radical (unpaired) electrons. The highest BCUT2D eigenvalue weighted by Crippen LogP contribution is 2.49. The highest BCUT2D eigenvalue weighted by atomic mass is 35.5. The van der Waals surface area contributed by atoms with Gasteiger partial charge in [-0.15, -0.1) is 11.6 Å². The molecule has 0 bridgehead atoms. The molecule has 3 rings (SSSR count). The predicted molar refractivity (Wildman–Crippen MR) is 87.2 cm³/mol. The summed E-state index contributed by atoms with van der Waals surface area (Å²) >= 11 is 6.38. The molecule has 3 unspecified atom stereocenters. The Balaban J connectivity index is 2.08. The van der Waals surface area contributed by atoms with Gasteiger partial charge in [0.2, 0.25) is 0 Å². The van der Waals surface area contributed by atoms with Crippen molar-refractivity contribution in [2.24, 2.45) is 5.92 Å². The van der Waals surface area contributed by atoms with Gasteiger partial charge in [-0.25, -0.2) is 4.98 Å². The minimum Gasteiger partial charge on any atom is -0.492 e. The fraction of sp³-hybridized carbons (Fsp3) is 0.588. The summed E-state index contributed by atoms with van der Waals surface area (Å²) in [4.78, 5) is 4.79. The molecule has 0 saturated heterocycles. The van der Waals surface area contributed by atoms with E-state index in [-0.39, 0.29) is 5.38 Å². The molecule has 0 aliphatic heterocycles. The zero-order chi connectivity index (χ0) is 15.0. The van der Waals surface area contributed by atoms with Crippen molar-refractivity contribution < 1.29 is 4.74 Å². The van der Waals surface area contributed by atoms with Crippen LogP contribution >= 0.6 is 11.6 Å². The van der Waals surface area contributed by atoms with Gasteiger partial charge in [0.05, 0.1) is 17.5 Å². The van der Waals surface area contributed by atoms with Gasteiger partial charge in [0.15, 0.2) is 0 Å². The second kappa shape index (κ2) is 5.88. The second-order valence-corrected chi connectivity index (χ2v) is 6.52. The van der Waals surface area contributed by atoms with E-state index in [1.165, 1.54) is 19.3 Å². The number of nitrogens with zero attached hydrogens (tertiary/aromatic N) is 2. The highest BCUT2D eigenvalue weighted by molar-refractivity contribution is 6.20. The van der Waals surface area contributed by atoms with E-state index in [1.54, 1.807) is 0 Å². The summed E-state index contributed by atoms with van der Waals surface area (Å²) in [7, 11) is 0. The van der Waals surface area contributed by atoms with E-state index >= 15 is 0 Å². The Kier molecular flexibility index (Phi) is 4.12. The smallest absolute Gasteiger partial charge is 0.147 e. The molecule has 4 heteroatoms. The molecule has 1 aromatic carbocycles. The second-order valence-electron chi connectivity index (χ2n) is 5.86. The largest absolute Gasteiger partial charge is 0.492 e. The standard InChI is InChI=1S/C17H23ClN2O/c1-4-7-12-10-14(12)20-13-8-6-9-15(21-5-2)16(13)19-17(20)11(3)18/h6,8-9,11-12,14H,4-5,7,10H2,1-3H3. The number of ether oxygens (including phenoxy) is 1. The molecule has 0 N–H and O–H groups in total. The van der Waals surface area contributed by atoms with Gasteiger partial charge in [0, 0.05) is 6.04 Å². The first kappa shape index (κ1) is 14.7. The van der Waals surface area contributed by atoms with Crippen LogP contribution in [0.4, 0.5) is 0 Å². The van der Waals surface area contributed by atoms with Crippen LogP contribution < -0.4 is 4.74 Å². The van der Waals surface area contributed by atoms with Crippen molar-refractivity contribution in [2.75, 3.05) is 6.61 Å². The number of fused-ring (bicyclic) bond motifs is 1. The van der Waals surface area contributed by atoms with E-state index in [0.717, 1.165) is 28.5 Å². The van der Waals surface area contributed by atoms with Gasteiger partial charge in [0.1, 0.15) is 17.1 Å². The fourth-order valence-electron chi connectivity index (χ4n) is 3.24. The van der Waals surface area contributed by atoms with Crippen LogP contribution in [0.3, 0.4) is 0 Å². The summed E-state index contributed by atoms with van der Waals surface area (Å²) < 4.78 is 8.08. The monoisotopic (exact) mass is 306 g/mol. The number of hydrogen-bond acceptors (Lipinski definition) is 2. The Morgan fingerprint density at radius 3 is 2.90 bits per heavy atom. The van der Waals surface area contributed by atoms with Crippen molar-refractivity contribution in [3.05, 3.63) is 24.0 Å². The topological polar surface area (TPSA) is 27.1 Å². The van der Waals surface area contributed by atoms with E-state index in [4.69, 9.17) is 21.3 Å². The molecular formula is C17H23ClN2O. The maximum atomic E-state index is 6.38. The van der Waals surface area contributed by atoms with Crippen LogP contribution in [0, 0.1) is 5.92 Å². The molecule has 1 saturated carbocycles. The summed E-state index contributed by atoms with van der Waals surface area (Å²) in [5.74, 6) is 2.61. The van der Waals surface area contributed by atoms with Crippen LogP contribution in [-0.2, 0) is 0 Å². The van der Waals surface area contributed by atoms with Crippen LogP contribution in [0.5, 0.6) is 5.75 Å². The Hall–Kier alpha value is -1.22. The number of rotatable bonds is 6. The summed E-state index contributed by atoms with van der Waals surface area (Å²) in [6.45, 7) is 6.90. The lowest BCUT2D eigenvalue weighted by Gasteiger charge is -2.10. The average Bonchev–Trinajstić information content (AvgIpc) is 3.09. The number of alkyl halides is 1. The first-order chi connectivity index (χ1) is 10.2. The molecular weight excluding hydrogens is 284 g/mol. The third-order valence-electron chi connectivity index (χ3n) is 4.24. The Morgan fingerprint density at radius 2 is 2.24 bits per heavy atom. The van der Waals surface area contributed by atoms with Crippen molar-refractivity contribution in [3.63, 3.8) is 0 Å². The Labute approximate surface area is 131 Å². The van der Waals surface area contributed by atoms with Gasteiger partial charge >= 0.3 is 0 Å². The van der Waals surface area contributed by atoms with Crippen LogP contribution in [0.25, 0.3) is 11.0 Å². The molecule has 3 atom stereocenters. The average molecular weight is 307 g/mol. The summed E-state index contributed by atoms with van der Waals surface area (Å²) in [5, 5.41) is -0.0882. The van der Waals surface area contributed by atoms with Crippen LogP contribution in [0.2, 0.25) is 0 Å². The maximum absolute atomic E-state index is 6.38. The van der Waals surface area contributed by atoms with Gasteiger partial charge in [-0.3, -0.25) is 0 Å². The molecule has 1 aliphatic rings. The minimum atomic E-state index is -0.0882. The lowest BCUT2D eigenvalue weighted by Crippen LogP contribution is -2.03. The molecule has 21 heavy (non-hydrogen) atoms. The quantitative estimate of drug-likeness (QED) is 0.695. The fourth-order valence-corrected chi connectivity index (χ4v) is 3.39. The van der Waals surface area contributed by atoms with E-state index in [1.807, 2.05) is 26.0 Å². The number of benzene rings is 1. The minimum absolute atomic E-state index is 0.0882. The van der Waals surface area contributed by atoms with Crippen molar-refractivity contribution in [1.29, 1.82) is 0 Å². The van der Waals surface area contributed by atoms with Gasteiger partial charge < -0.3 is 9.30 Å². The Morgan fingerprint density at radius 1 is 1.43 bits per heavy atom. The lowest BCUT2D eigenvalue weighted by atomic mass is 10.2. The summed E-state index contributed by atoms with van der Waals surface area (Å²) in [6, 6.07) is 6.73. The first-order valence-electron chi connectivity index (χ1n) is 7.95. The molecule has 1 aromatic heterocycles. The summed E-state index contributed by atoms with van der Waals surface area (Å²) in [5.41, 5.74) is 2.11. The molecule has 1 aliphatic carbocycles. The number of aromatic nitrogens is 2. The number of hydrogen-bond donors (Lipinski definition) is 0. The normalized spacial score (nSPS) is 22.5. The van der Waals surface area contributed by atoms with Crippen LogP contribution in [-0.4, -0.2) is 16.2 Å². The molecule has 0 spiro atoms. The van der Waals surface area contributed by atoms with Crippen LogP contribution in [0.1, 0.15) is 57.3 Å². The van der Waals surface area contributed by atoms with Gasteiger partial charge in [-0.2, -0.15) is 0 Å². The maximum Gasteiger partial charge on any atom is 0.147 e. The third-order valence-corrected chi connectivity index (χ3v) is 4.44. The number of halogens is 1. The molecule has 1 heterocycles. The van der Waals surface area contributed by atoms with E-state index in [0.29, 0.717) is 12.6 Å². The predicted octanol–water partition coefficient (Wildman–Crippen LogP) is 5.10. The zero-order valence-corrected chi connectivity index (χ0v) is 13.7. The van der Waals surface area contributed by atoms with E-state index in [9.17, 15) is 0 Å². The van der Waals surface area contributed by atoms with Gasteiger partial charge in [0.25, 0.3) is 0 Å². The molecule has 1 fully saturated rings. The zero-order valence-electron chi connectivity index (χ0n) is 13.0. The van der Waals surface area contributed by atoms with Crippen LogP contribution in [0.15, 0.2) is 18.2 Å². The number of imidazole rings is 1. The lowest BCUT2D eigenvalue weighted by molar-refractivity contribution is 0.343. The van der Waals surface area contributed by atoms with E-state index < -0.39 is 0 Å². The Bertz CT molecular complexity index is 635. The van der Waals surface area contributed by atoms with Crippen molar-refractivity contribution in [3.8, 4) is 5.75 Å². The molecule has 0 amide bonds. The van der Waals surface area contributed by atoms with Crippen molar-refractivity contribution in [2.45, 2.75) is 51.5 Å². The first-order valence-corrected chi connectivity index (χ1v) is 8.38. The van der Waals surface area contributed by atoms with Gasteiger partial charge in [-0.05, 0) is 44.7 Å². The molecule has 114 valence electrons. The van der Waals surface area contributed by atoms with Gasteiger partial charge in [-0.1, -0.05) is 19.4 Å². The van der Waals surface area contributed by atoms with Crippen molar-refractivity contribution >= 4 is 22.6 Å². The van der Waals surface area contributed by atoms with Crippen molar-refractivity contribution in [1.82, 2.24) is 9.55 Å². The molecule has 2 aromatic rings. The SMILES string of the molecule is CCCC1CC1n1c(C(C)Cl)nc2c(OCC)cccc21. The third kappa shape index (κ3) is 2.64. The number of para-hydroxylation sites is 1. The molecule has 3 nitrogen and oxygen atoms in total.